The quantitative estimate of drug-likeness (QED) is 0.167. The summed E-state index contributed by atoms with van der Waals surface area (Å²) in [7, 11) is 0. The van der Waals surface area contributed by atoms with E-state index in [1.54, 1.807) is 0 Å². The third-order valence-corrected chi connectivity index (χ3v) is 11.5. The first-order valence-corrected chi connectivity index (χ1v) is 19.8. The van der Waals surface area contributed by atoms with E-state index in [0.29, 0.717) is 29.1 Å². The first-order valence-electron chi connectivity index (χ1n) is 19.8. The number of nitrogens with zero attached hydrogens (tertiary/aromatic N) is 7. The molecule has 4 aromatic heterocycles. The van der Waals surface area contributed by atoms with Crippen LogP contribution < -0.4 is 4.90 Å². The summed E-state index contributed by atoms with van der Waals surface area (Å²) >= 11 is 0. The average molecular weight is 760 g/mol. The highest BCUT2D eigenvalue weighted by molar-refractivity contribution is 5.96. The number of para-hydroxylation sites is 3. The number of fused-ring (bicyclic) bond motifs is 8. The van der Waals surface area contributed by atoms with Gasteiger partial charge in [0.2, 0.25) is 11.8 Å². The monoisotopic (exact) mass is 759 g/mol. The summed E-state index contributed by atoms with van der Waals surface area (Å²) in [4.78, 5) is 27.8. The molecule has 0 saturated heterocycles. The predicted molar refractivity (Wildman–Crippen MR) is 233 cm³/mol. The maximum atomic E-state index is 6.39. The van der Waals surface area contributed by atoms with Gasteiger partial charge in [-0.1, -0.05) is 133 Å². The molecule has 2 unspecified atom stereocenters. The summed E-state index contributed by atoms with van der Waals surface area (Å²) in [5.41, 5.74) is 12.7. The van der Waals surface area contributed by atoms with Gasteiger partial charge in [0, 0.05) is 44.8 Å². The van der Waals surface area contributed by atoms with Crippen molar-refractivity contribution in [3.05, 3.63) is 199 Å². The Kier molecular flexibility index (Phi) is 7.49. The van der Waals surface area contributed by atoms with Crippen molar-refractivity contribution in [2.75, 3.05) is 4.90 Å². The second-order valence-corrected chi connectivity index (χ2v) is 14.9. The van der Waals surface area contributed by atoms with Crippen LogP contribution in [0.25, 0.3) is 79.3 Å². The van der Waals surface area contributed by atoms with Crippen LogP contribution in [0.15, 0.2) is 187 Å². The highest BCUT2D eigenvalue weighted by atomic mass is 16.3. The number of hydrogen-bond donors (Lipinski definition) is 0. The van der Waals surface area contributed by atoms with E-state index < -0.39 is 0 Å². The maximum Gasteiger partial charge on any atom is 0.234 e. The Morgan fingerprint density at radius 2 is 1.24 bits per heavy atom. The molecule has 0 bridgehead atoms. The summed E-state index contributed by atoms with van der Waals surface area (Å²) in [6.45, 7) is 0. The second-order valence-electron chi connectivity index (χ2n) is 14.9. The van der Waals surface area contributed by atoms with E-state index in [-0.39, 0.29) is 12.0 Å². The predicted octanol–water partition coefficient (Wildman–Crippen LogP) is 12.0. The van der Waals surface area contributed by atoms with Crippen LogP contribution in [0.1, 0.15) is 28.8 Å². The van der Waals surface area contributed by atoms with Gasteiger partial charge in [-0.25, -0.2) is 9.97 Å². The molecule has 0 radical (unpaired) electrons. The fourth-order valence-corrected chi connectivity index (χ4v) is 8.87. The van der Waals surface area contributed by atoms with Crippen LogP contribution in [0.5, 0.6) is 0 Å². The van der Waals surface area contributed by atoms with Crippen molar-refractivity contribution >= 4 is 39.7 Å². The van der Waals surface area contributed by atoms with Crippen LogP contribution in [0.2, 0.25) is 0 Å². The number of pyridine rings is 1. The summed E-state index contributed by atoms with van der Waals surface area (Å²) in [5.74, 6) is 2.47. The molecule has 8 heteroatoms. The van der Waals surface area contributed by atoms with Crippen molar-refractivity contribution in [3.63, 3.8) is 0 Å². The fourth-order valence-electron chi connectivity index (χ4n) is 8.87. The smallest absolute Gasteiger partial charge is 0.234 e. The summed E-state index contributed by atoms with van der Waals surface area (Å²) in [5, 5.41) is 1.17. The molecule has 1 aliphatic carbocycles. The highest BCUT2D eigenvalue weighted by Gasteiger charge is 2.45. The molecule has 0 spiro atoms. The molecule has 0 N–H and O–H groups in total. The Morgan fingerprint density at radius 1 is 0.559 bits per heavy atom. The van der Waals surface area contributed by atoms with Gasteiger partial charge in [-0.05, 0) is 54.1 Å². The molecule has 10 aromatic rings. The highest BCUT2D eigenvalue weighted by Crippen LogP contribution is 2.57. The zero-order chi connectivity index (χ0) is 38.9. The Labute approximate surface area is 339 Å². The lowest BCUT2D eigenvalue weighted by molar-refractivity contribution is 0.620. The van der Waals surface area contributed by atoms with Gasteiger partial charge in [0.1, 0.15) is 5.52 Å². The number of oxazole rings is 1. The maximum absolute atomic E-state index is 6.39. The third-order valence-electron chi connectivity index (χ3n) is 11.5. The molecule has 2 atom stereocenters. The minimum Gasteiger partial charge on any atom is -0.435 e. The molecule has 8 nitrogen and oxygen atoms in total. The van der Waals surface area contributed by atoms with Crippen LogP contribution in [-0.2, 0) is 0 Å². The number of hydrogen-bond acceptors (Lipinski definition) is 7. The van der Waals surface area contributed by atoms with Crippen LogP contribution in [0.4, 0.5) is 11.6 Å². The molecule has 278 valence electrons. The van der Waals surface area contributed by atoms with Gasteiger partial charge in [0.05, 0.1) is 34.8 Å². The molecular weight excluding hydrogens is 727 g/mol. The summed E-state index contributed by atoms with van der Waals surface area (Å²) < 4.78 is 8.77. The van der Waals surface area contributed by atoms with Crippen LogP contribution in [-0.4, -0.2) is 29.5 Å². The largest absolute Gasteiger partial charge is 0.435 e. The van der Waals surface area contributed by atoms with Gasteiger partial charge in [-0.2, -0.15) is 9.97 Å². The van der Waals surface area contributed by atoms with Gasteiger partial charge in [-0.15, -0.1) is 0 Å². The second kappa shape index (κ2) is 13.3. The van der Waals surface area contributed by atoms with Gasteiger partial charge < -0.3 is 13.9 Å². The number of aromatic nitrogens is 6. The summed E-state index contributed by atoms with van der Waals surface area (Å²) in [6.07, 6.45) is 6.62. The topological polar surface area (TPSA) is 85.8 Å². The number of anilines is 2. The molecule has 59 heavy (non-hydrogen) atoms. The molecule has 5 heterocycles. The molecule has 1 aliphatic heterocycles. The molecular formula is C51H33N7O. The zero-order valence-electron chi connectivity index (χ0n) is 31.6. The Balaban J connectivity index is 1.03. The first kappa shape index (κ1) is 33.2. The first-order chi connectivity index (χ1) is 29.3. The molecule has 0 amide bonds. The van der Waals surface area contributed by atoms with Gasteiger partial charge >= 0.3 is 0 Å². The van der Waals surface area contributed by atoms with Crippen molar-refractivity contribution in [2.24, 2.45) is 0 Å². The Bertz CT molecular complexity index is 3170. The third kappa shape index (κ3) is 5.34. The molecule has 12 rings (SSSR count). The van der Waals surface area contributed by atoms with Crippen molar-refractivity contribution in [1.82, 2.24) is 29.5 Å². The minimum atomic E-state index is -0.173. The van der Waals surface area contributed by atoms with E-state index in [2.05, 4.69) is 107 Å². The van der Waals surface area contributed by atoms with E-state index in [1.165, 1.54) is 16.5 Å². The Hall–Kier alpha value is -7.97. The van der Waals surface area contributed by atoms with Crippen molar-refractivity contribution in [3.8, 4) is 51.2 Å². The average Bonchev–Trinajstić information content (AvgIpc) is 4.01. The molecule has 6 aromatic carbocycles. The normalized spacial score (nSPS) is 15.4. The van der Waals surface area contributed by atoms with Crippen molar-refractivity contribution in [2.45, 2.75) is 12.0 Å². The van der Waals surface area contributed by atoms with Gasteiger partial charge in [0.25, 0.3) is 0 Å². The Morgan fingerprint density at radius 3 is 1.97 bits per heavy atom. The minimum absolute atomic E-state index is 0.0361. The lowest BCUT2D eigenvalue weighted by atomic mass is 9.86. The fraction of sp³-hybridized carbons (Fsp3) is 0.0392. The zero-order valence-corrected chi connectivity index (χ0v) is 31.6. The van der Waals surface area contributed by atoms with Crippen LogP contribution >= 0.6 is 0 Å². The van der Waals surface area contributed by atoms with Crippen LogP contribution in [0.3, 0.4) is 0 Å². The number of rotatable bonds is 6. The van der Waals surface area contributed by atoms with Crippen LogP contribution in [0, 0.1) is 0 Å². The van der Waals surface area contributed by atoms with Gasteiger partial charge in [-0.3, -0.25) is 4.98 Å². The lowest BCUT2D eigenvalue weighted by Gasteiger charge is -2.32. The van der Waals surface area contributed by atoms with E-state index in [0.717, 1.165) is 56.0 Å². The van der Waals surface area contributed by atoms with Gasteiger partial charge in [0.15, 0.2) is 17.2 Å². The number of benzene rings is 6. The van der Waals surface area contributed by atoms with E-state index in [9.17, 15) is 0 Å². The molecule has 0 saturated carbocycles. The standard InChI is InChI=1S/C51H33N7O/c1-4-15-32(16-5-1)48-54-49(33-17-6-2-7-18-33)56-51(55-48)58-44-26-13-11-22-37(44)39-29-28-38-36-21-10-12-25-43(36)57(45(38)46(39)58)35-27-30-41(52-31-35)40-23-14-24-42-47(40)59-50(53-42)34-19-8-3-9-20-34/h1-31,39,46H. The van der Waals surface area contributed by atoms with E-state index >= 15 is 0 Å². The lowest BCUT2D eigenvalue weighted by Crippen LogP contribution is -2.28. The molecule has 0 fully saturated rings. The van der Waals surface area contributed by atoms with E-state index in [1.807, 2.05) is 91.1 Å². The molecule has 2 aliphatic rings. The van der Waals surface area contributed by atoms with E-state index in [4.69, 9.17) is 29.3 Å². The van der Waals surface area contributed by atoms with Crippen molar-refractivity contribution < 1.29 is 4.42 Å². The summed E-state index contributed by atoms with van der Waals surface area (Å²) in [6, 6.07) is 57.7. The van der Waals surface area contributed by atoms with Crippen molar-refractivity contribution in [1.29, 1.82) is 0 Å². The SMILES string of the molecule is C1=CC2c3ccccc3N(c3nc(-c4ccccc4)nc(-c4ccccc4)n3)C2c2c1c1ccccc1n2-c1ccc(-c2cccc3nc(-c4ccccc4)oc23)nc1.